The highest BCUT2D eigenvalue weighted by atomic mass is 35.5. The lowest BCUT2D eigenvalue weighted by Crippen LogP contribution is -2.38. The third-order valence-electron chi connectivity index (χ3n) is 4.80. The second kappa shape index (κ2) is 12.1. The van der Waals surface area contributed by atoms with E-state index in [9.17, 15) is 9.59 Å². The standard InChI is InChI=1S/C25H24ClN5O3/c1-34-23-11-9-22(10-12-23)31(25(33)30-21-8-3-6-19(26)16-21)14-4-13-28-24(32)29-20-7-2-5-18(15-20)17-27/h2-3,5-12,15-16H,4,13-14H2,1H3,(H,30,33)(H2,28,29,32). The Morgan fingerprint density at radius 3 is 2.38 bits per heavy atom. The van der Waals surface area contributed by atoms with Crippen molar-refractivity contribution in [3.8, 4) is 11.8 Å². The van der Waals surface area contributed by atoms with Crippen LogP contribution in [0, 0.1) is 11.3 Å². The Balaban J connectivity index is 1.59. The van der Waals surface area contributed by atoms with Crippen LogP contribution in [0.5, 0.6) is 5.75 Å². The second-order valence-electron chi connectivity index (χ2n) is 7.22. The summed E-state index contributed by atoms with van der Waals surface area (Å²) in [6, 6.07) is 22.0. The molecular formula is C25H24ClN5O3. The zero-order valence-electron chi connectivity index (χ0n) is 18.5. The number of carbonyl (C=O) groups is 2. The highest BCUT2D eigenvalue weighted by Gasteiger charge is 2.16. The van der Waals surface area contributed by atoms with Crippen LogP contribution in [0.2, 0.25) is 5.02 Å². The number of carbonyl (C=O) groups excluding carboxylic acids is 2. The van der Waals surface area contributed by atoms with E-state index in [1.807, 2.05) is 6.07 Å². The molecule has 0 saturated heterocycles. The number of nitrogens with one attached hydrogen (secondary N) is 3. The summed E-state index contributed by atoms with van der Waals surface area (Å²) in [7, 11) is 1.58. The maximum Gasteiger partial charge on any atom is 0.326 e. The average molecular weight is 478 g/mol. The summed E-state index contributed by atoms with van der Waals surface area (Å²) in [4.78, 5) is 26.8. The van der Waals surface area contributed by atoms with Crippen LogP contribution in [0.4, 0.5) is 26.7 Å². The van der Waals surface area contributed by atoms with Crippen molar-refractivity contribution in [1.29, 1.82) is 5.26 Å². The number of anilines is 3. The third kappa shape index (κ3) is 7.15. The van der Waals surface area contributed by atoms with Gasteiger partial charge in [-0.05, 0) is 67.1 Å². The molecule has 0 radical (unpaired) electrons. The van der Waals surface area contributed by atoms with Gasteiger partial charge in [0.2, 0.25) is 0 Å². The summed E-state index contributed by atoms with van der Waals surface area (Å²) >= 11 is 6.02. The topological polar surface area (TPSA) is 106 Å². The molecule has 8 nitrogen and oxygen atoms in total. The van der Waals surface area contributed by atoms with Crippen LogP contribution in [0.15, 0.2) is 72.8 Å². The van der Waals surface area contributed by atoms with Crippen molar-refractivity contribution in [3.63, 3.8) is 0 Å². The largest absolute Gasteiger partial charge is 0.497 e. The number of halogens is 1. The molecule has 174 valence electrons. The first-order valence-corrected chi connectivity index (χ1v) is 10.9. The number of nitrogens with zero attached hydrogens (tertiary/aromatic N) is 2. The summed E-state index contributed by atoms with van der Waals surface area (Å²) in [5.41, 5.74) is 2.24. The number of ether oxygens (including phenoxy) is 1. The number of amides is 4. The molecule has 3 aromatic carbocycles. The van der Waals surface area contributed by atoms with Crippen LogP contribution >= 0.6 is 11.6 Å². The van der Waals surface area contributed by atoms with Crippen molar-refractivity contribution in [1.82, 2.24) is 5.32 Å². The lowest BCUT2D eigenvalue weighted by atomic mass is 10.2. The van der Waals surface area contributed by atoms with E-state index in [0.29, 0.717) is 52.9 Å². The fourth-order valence-electron chi connectivity index (χ4n) is 3.15. The first-order valence-electron chi connectivity index (χ1n) is 10.5. The lowest BCUT2D eigenvalue weighted by Gasteiger charge is -2.24. The fraction of sp³-hybridized carbons (Fsp3) is 0.160. The molecule has 9 heteroatoms. The van der Waals surface area contributed by atoms with Gasteiger partial charge >= 0.3 is 12.1 Å². The number of rotatable bonds is 8. The monoisotopic (exact) mass is 477 g/mol. The van der Waals surface area contributed by atoms with E-state index in [1.165, 1.54) is 0 Å². The smallest absolute Gasteiger partial charge is 0.326 e. The van der Waals surface area contributed by atoms with Gasteiger partial charge < -0.3 is 20.7 Å². The molecule has 0 atom stereocenters. The van der Waals surface area contributed by atoms with E-state index in [0.717, 1.165) is 0 Å². The zero-order chi connectivity index (χ0) is 24.3. The Labute approximate surface area is 203 Å². The summed E-state index contributed by atoms with van der Waals surface area (Å²) in [5.74, 6) is 0.678. The van der Waals surface area contributed by atoms with Gasteiger partial charge in [0.15, 0.2) is 0 Å². The molecule has 0 spiro atoms. The Hall–Kier alpha value is -4.22. The molecule has 0 bridgehead atoms. The minimum atomic E-state index is -0.394. The molecule has 0 heterocycles. The molecule has 0 aliphatic heterocycles. The number of hydrogen-bond acceptors (Lipinski definition) is 4. The molecule has 0 aromatic heterocycles. The second-order valence-corrected chi connectivity index (χ2v) is 7.65. The van der Waals surface area contributed by atoms with Gasteiger partial charge in [-0.3, -0.25) is 4.90 Å². The van der Waals surface area contributed by atoms with Gasteiger partial charge in [-0.15, -0.1) is 0 Å². The van der Waals surface area contributed by atoms with E-state index in [2.05, 4.69) is 16.0 Å². The average Bonchev–Trinajstić information content (AvgIpc) is 2.84. The van der Waals surface area contributed by atoms with Crippen LogP contribution in [0.1, 0.15) is 12.0 Å². The van der Waals surface area contributed by atoms with Crippen molar-refractivity contribution >= 4 is 40.7 Å². The molecular weight excluding hydrogens is 454 g/mol. The Kier molecular flexibility index (Phi) is 8.72. The van der Waals surface area contributed by atoms with Crippen LogP contribution in [-0.4, -0.2) is 32.3 Å². The SMILES string of the molecule is COc1ccc(N(CCCNC(=O)Nc2cccc(C#N)c2)C(=O)Nc2cccc(Cl)c2)cc1. The molecule has 3 rings (SSSR count). The number of benzene rings is 3. The lowest BCUT2D eigenvalue weighted by molar-refractivity contribution is 0.252. The van der Waals surface area contributed by atoms with Gasteiger partial charge in [-0.2, -0.15) is 5.26 Å². The molecule has 3 N–H and O–H groups in total. The van der Waals surface area contributed by atoms with E-state index >= 15 is 0 Å². The van der Waals surface area contributed by atoms with E-state index in [4.69, 9.17) is 21.6 Å². The maximum atomic E-state index is 13.0. The van der Waals surface area contributed by atoms with Gasteiger partial charge in [-0.25, -0.2) is 9.59 Å². The first-order chi connectivity index (χ1) is 16.5. The van der Waals surface area contributed by atoms with Gasteiger partial charge in [0.05, 0.1) is 18.7 Å². The number of urea groups is 2. The van der Waals surface area contributed by atoms with Gasteiger partial charge in [-0.1, -0.05) is 23.7 Å². The van der Waals surface area contributed by atoms with Crippen molar-refractivity contribution in [2.24, 2.45) is 0 Å². The minimum absolute atomic E-state index is 0.329. The molecule has 34 heavy (non-hydrogen) atoms. The fourth-order valence-corrected chi connectivity index (χ4v) is 3.34. The third-order valence-corrected chi connectivity index (χ3v) is 5.03. The number of methoxy groups -OCH3 is 1. The maximum absolute atomic E-state index is 13.0. The molecule has 4 amide bonds. The summed E-state index contributed by atoms with van der Waals surface area (Å²) < 4.78 is 5.20. The normalized spacial score (nSPS) is 10.0. The van der Waals surface area contributed by atoms with E-state index in [1.54, 1.807) is 84.8 Å². The summed E-state index contributed by atoms with van der Waals surface area (Å²) in [6.45, 7) is 0.684. The Morgan fingerprint density at radius 2 is 1.71 bits per heavy atom. The highest BCUT2D eigenvalue weighted by Crippen LogP contribution is 2.22. The molecule has 0 saturated carbocycles. The van der Waals surface area contributed by atoms with Crippen LogP contribution in [0.3, 0.4) is 0 Å². The van der Waals surface area contributed by atoms with E-state index < -0.39 is 6.03 Å². The molecule has 0 aliphatic rings. The minimum Gasteiger partial charge on any atom is -0.497 e. The Morgan fingerprint density at radius 1 is 1.00 bits per heavy atom. The van der Waals surface area contributed by atoms with Crippen LogP contribution in [0.25, 0.3) is 0 Å². The zero-order valence-corrected chi connectivity index (χ0v) is 19.3. The predicted molar refractivity (Wildman–Crippen MR) is 134 cm³/mol. The van der Waals surface area contributed by atoms with Gasteiger partial charge in [0, 0.05) is 35.2 Å². The molecule has 0 fully saturated rings. The Bertz CT molecular complexity index is 1180. The molecule has 0 unspecified atom stereocenters. The van der Waals surface area contributed by atoms with Crippen molar-refractivity contribution < 1.29 is 14.3 Å². The van der Waals surface area contributed by atoms with Crippen molar-refractivity contribution in [2.75, 3.05) is 35.7 Å². The highest BCUT2D eigenvalue weighted by molar-refractivity contribution is 6.30. The van der Waals surface area contributed by atoms with Crippen molar-refractivity contribution in [3.05, 3.63) is 83.4 Å². The van der Waals surface area contributed by atoms with Gasteiger partial charge in [0.25, 0.3) is 0 Å². The summed E-state index contributed by atoms with van der Waals surface area (Å²) in [5, 5.41) is 17.8. The molecule has 0 aliphatic carbocycles. The quantitative estimate of drug-likeness (QED) is 0.374. The number of nitriles is 1. The molecule has 3 aromatic rings. The van der Waals surface area contributed by atoms with E-state index in [-0.39, 0.29) is 6.03 Å². The predicted octanol–water partition coefficient (Wildman–Crippen LogP) is 5.47. The van der Waals surface area contributed by atoms with Crippen molar-refractivity contribution in [2.45, 2.75) is 6.42 Å². The van der Waals surface area contributed by atoms with Crippen LogP contribution < -0.4 is 25.6 Å². The number of hydrogen-bond donors (Lipinski definition) is 3. The van der Waals surface area contributed by atoms with Crippen LogP contribution in [-0.2, 0) is 0 Å². The summed E-state index contributed by atoms with van der Waals surface area (Å²) in [6.07, 6.45) is 0.501. The van der Waals surface area contributed by atoms with Gasteiger partial charge in [0.1, 0.15) is 5.75 Å². The first kappa shape index (κ1) is 24.4.